The minimum atomic E-state index is -2.25. The number of aliphatic hydroxyl groups excluding tert-OH is 1. The summed E-state index contributed by atoms with van der Waals surface area (Å²) in [6.45, 7) is 10.7. The van der Waals surface area contributed by atoms with Gasteiger partial charge in [-0.25, -0.2) is 4.79 Å². The predicted molar refractivity (Wildman–Crippen MR) is 128 cm³/mol. The van der Waals surface area contributed by atoms with Crippen LogP contribution in [0, 0.1) is 0 Å². The first-order chi connectivity index (χ1) is 13.8. The highest BCUT2D eigenvalue weighted by atomic mass is 33.2. The summed E-state index contributed by atoms with van der Waals surface area (Å²) in [5.74, 6) is 1.94. The van der Waals surface area contributed by atoms with Crippen molar-refractivity contribution in [1.29, 1.82) is 0 Å². The zero-order valence-electron chi connectivity index (χ0n) is 17.7. The van der Waals surface area contributed by atoms with Gasteiger partial charge in [-0.2, -0.15) is 0 Å². The number of nitrogens with zero attached hydrogens (tertiary/aromatic N) is 1. The zero-order chi connectivity index (χ0) is 22.3. The summed E-state index contributed by atoms with van der Waals surface area (Å²) in [6.07, 6.45) is -2.01. The van der Waals surface area contributed by atoms with E-state index in [4.69, 9.17) is 25.5 Å². The molecule has 2 saturated heterocycles. The number of aliphatic hydroxyl groups is 1. The van der Waals surface area contributed by atoms with Crippen molar-refractivity contribution in [3.8, 4) is 0 Å². The van der Waals surface area contributed by atoms with E-state index in [1.165, 1.54) is 16.8 Å². The Morgan fingerprint density at radius 2 is 2.00 bits per heavy atom. The van der Waals surface area contributed by atoms with Crippen LogP contribution in [0.2, 0.25) is 18.1 Å². The molecule has 4 atom stereocenters. The molecule has 0 amide bonds. The molecular weight excluding hydrogens is 483 g/mol. The van der Waals surface area contributed by atoms with Crippen LogP contribution in [-0.2, 0) is 25.5 Å². The Hall–Kier alpha value is 0.0869. The van der Waals surface area contributed by atoms with Crippen LogP contribution in [0.1, 0.15) is 27.0 Å². The first-order valence-electron chi connectivity index (χ1n) is 9.69. The van der Waals surface area contributed by atoms with Gasteiger partial charge in [0.2, 0.25) is 0 Å². The second-order valence-electron chi connectivity index (χ2n) is 8.83. The van der Waals surface area contributed by atoms with E-state index in [0.717, 1.165) is 11.5 Å². The van der Waals surface area contributed by atoms with Crippen molar-refractivity contribution in [2.75, 3.05) is 18.1 Å². The largest absolute Gasteiger partial charge is 0.408 e. The lowest BCUT2D eigenvalue weighted by atomic mass is 10.1. The maximum Gasteiger partial charge on any atom is 0.330 e. The Morgan fingerprint density at radius 3 is 2.57 bits per heavy atom. The molecule has 1 aromatic rings. The molecule has 1 aromatic heterocycles. The number of hydrogen-bond donors (Lipinski definition) is 2. The van der Waals surface area contributed by atoms with E-state index in [0.29, 0.717) is 0 Å². The normalized spacial score (nSPS) is 29.4. The highest BCUT2D eigenvalue weighted by Crippen LogP contribution is 2.74. The lowest BCUT2D eigenvalue weighted by Gasteiger charge is -2.40. The van der Waals surface area contributed by atoms with E-state index in [1.807, 2.05) is 0 Å². The smallest absolute Gasteiger partial charge is 0.330 e. The summed E-state index contributed by atoms with van der Waals surface area (Å²) in [5.41, 5.74) is -1.15. The quantitative estimate of drug-likeness (QED) is 0.440. The van der Waals surface area contributed by atoms with Gasteiger partial charge in [-0.3, -0.25) is 14.3 Å². The molecule has 2 fully saturated rings. The van der Waals surface area contributed by atoms with Gasteiger partial charge in [0, 0.05) is 23.8 Å². The van der Waals surface area contributed by atoms with Gasteiger partial charge in [-0.1, -0.05) is 43.5 Å². The average Bonchev–Trinajstić information content (AvgIpc) is 3.18. The first kappa shape index (κ1) is 24.7. The molecule has 2 aliphatic rings. The van der Waals surface area contributed by atoms with Crippen molar-refractivity contribution >= 4 is 47.6 Å². The third-order valence-electron chi connectivity index (χ3n) is 5.65. The van der Waals surface area contributed by atoms with E-state index in [-0.39, 0.29) is 11.6 Å². The molecule has 2 N–H and O–H groups in total. The van der Waals surface area contributed by atoms with E-state index in [2.05, 4.69) is 38.8 Å². The second kappa shape index (κ2) is 9.15. The second-order valence-corrected chi connectivity index (χ2v) is 24.3. The van der Waals surface area contributed by atoms with Gasteiger partial charge in [0.15, 0.2) is 19.2 Å². The molecule has 0 spiro atoms. The Balaban J connectivity index is 1.87. The fourth-order valence-corrected chi connectivity index (χ4v) is 13.1. The molecule has 30 heavy (non-hydrogen) atoms. The zero-order valence-corrected chi connectivity index (χ0v) is 22.0. The van der Waals surface area contributed by atoms with Gasteiger partial charge in [0.05, 0.1) is 6.61 Å². The van der Waals surface area contributed by atoms with Crippen LogP contribution in [0.3, 0.4) is 0 Å². The highest BCUT2D eigenvalue weighted by Gasteiger charge is 2.51. The predicted octanol–water partition coefficient (Wildman–Crippen LogP) is 2.91. The maximum absolute atomic E-state index is 12.3. The number of aromatic nitrogens is 2. The number of H-pyrrole nitrogens is 1. The minimum Gasteiger partial charge on any atom is -0.408 e. The first-order valence-corrected chi connectivity index (χ1v) is 18.5. The summed E-state index contributed by atoms with van der Waals surface area (Å²) < 4.78 is 17.8. The summed E-state index contributed by atoms with van der Waals surface area (Å²) in [7, 11) is -2.25. The molecule has 0 bridgehead atoms. The van der Waals surface area contributed by atoms with Crippen LogP contribution >= 0.6 is 27.4 Å². The maximum atomic E-state index is 12.3. The van der Waals surface area contributed by atoms with Crippen molar-refractivity contribution in [3.63, 3.8) is 0 Å². The van der Waals surface area contributed by atoms with Crippen LogP contribution in [0.5, 0.6) is 0 Å². The van der Waals surface area contributed by atoms with E-state index in [9.17, 15) is 14.7 Å². The highest BCUT2D eigenvalue weighted by molar-refractivity contribution is 9.00. The number of nitrogens with one attached hydrogen (secondary N) is 1. The molecule has 170 valence electrons. The van der Waals surface area contributed by atoms with Gasteiger partial charge in [-0.15, -0.1) is 0 Å². The van der Waals surface area contributed by atoms with Gasteiger partial charge >= 0.3 is 5.69 Å². The summed E-state index contributed by atoms with van der Waals surface area (Å²) >= 11 is 9.01. The third kappa shape index (κ3) is 5.35. The molecule has 3 heterocycles. The van der Waals surface area contributed by atoms with E-state index in [1.54, 1.807) is 22.8 Å². The molecule has 0 aromatic carbocycles. The molecule has 0 saturated carbocycles. The molecule has 0 unspecified atom stereocenters. The Morgan fingerprint density at radius 1 is 1.37 bits per heavy atom. The van der Waals surface area contributed by atoms with Crippen molar-refractivity contribution < 1.29 is 18.8 Å². The number of hydrogen-bond acceptors (Lipinski definition) is 9. The van der Waals surface area contributed by atoms with Crippen LogP contribution in [-0.4, -0.2) is 59.4 Å². The fourth-order valence-electron chi connectivity index (χ4n) is 2.95. The van der Waals surface area contributed by atoms with Gasteiger partial charge in [0.25, 0.3) is 5.56 Å². The Bertz CT molecular complexity index is 923. The number of rotatable bonds is 6. The van der Waals surface area contributed by atoms with Crippen LogP contribution in [0.4, 0.5) is 0 Å². The van der Waals surface area contributed by atoms with Gasteiger partial charge in [0.1, 0.15) is 18.3 Å². The minimum absolute atomic E-state index is 0.0750. The lowest BCUT2D eigenvalue weighted by Crippen LogP contribution is -2.50. The number of ether oxygens (including phenoxy) is 1. The van der Waals surface area contributed by atoms with E-state index >= 15 is 0 Å². The molecule has 0 aliphatic carbocycles. The van der Waals surface area contributed by atoms with Gasteiger partial charge in [-0.05, 0) is 29.9 Å². The molecular formula is C17H29N2O6PS3Si. The molecule has 2 aliphatic heterocycles. The van der Waals surface area contributed by atoms with Crippen LogP contribution < -0.4 is 11.2 Å². The lowest BCUT2D eigenvalue weighted by molar-refractivity contribution is -0.0499. The van der Waals surface area contributed by atoms with Crippen molar-refractivity contribution in [2.24, 2.45) is 0 Å². The average molecular weight is 513 g/mol. The molecule has 8 nitrogen and oxygen atoms in total. The Labute approximate surface area is 190 Å². The fraction of sp³-hybridized carbons (Fsp3) is 0.765. The third-order valence-corrected chi connectivity index (χ3v) is 20.0. The topological polar surface area (TPSA) is 103 Å². The molecule has 3 rings (SSSR count). The molecule has 13 heteroatoms. The summed E-state index contributed by atoms with van der Waals surface area (Å²) in [5, 5.41) is 11.0. The van der Waals surface area contributed by atoms with Crippen molar-refractivity contribution in [3.05, 3.63) is 33.1 Å². The van der Waals surface area contributed by atoms with Crippen LogP contribution in [0.25, 0.3) is 0 Å². The van der Waals surface area contributed by atoms with E-state index < -0.39 is 48.8 Å². The van der Waals surface area contributed by atoms with Gasteiger partial charge < -0.3 is 18.8 Å². The summed E-state index contributed by atoms with van der Waals surface area (Å²) in [6, 6.07) is 1.22. The van der Waals surface area contributed by atoms with Crippen molar-refractivity contribution in [2.45, 2.75) is 63.4 Å². The van der Waals surface area contributed by atoms with Crippen molar-refractivity contribution in [1.82, 2.24) is 9.55 Å². The summed E-state index contributed by atoms with van der Waals surface area (Å²) in [4.78, 5) is 25.9. The monoisotopic (exact) mass is 512 g/mol. The SMILES string of the molecule is CC(C)(C)[Si](C)(C)O[C@H]1[C@@H](O)[C@H](n2ccc(=O)[nH]c2=O)O[C@@H]1COP1(=S)SCCS1. The van der Waals surface area contributed by atoms with Crippen LogP contribution in [0.15, 0.2) is 21.9 Å². The molecule has 0 radical (unpaired) electrons. The standard InChI is InChI=1S/C17H29N2O6PS3Si/c1-17(2,3)30(4,5)25-14-11(10-23-26(27)28-8-9-29-26)24-15(13(14)21)19-7-6-12(20)18-16(19)22/h6-7,11,13-15,21H,8-10H2,1-5H3,(H,18,20,22)/t11-,13-,14-,15-/m1/s1. The number of aromatic amines is 1. The Kier molecular flexibility index (Phi) is 7.54.